The van der Waals surface area contributed by atoms with Crippen LogP contribution in [0.4, 0.5) is 8.78 Å². The molecule has 0 aliphatic rings. The van der Waals surface area contributed by atoms with E-state index in [1.807, 2.05) is 54.6 Å². The van der Waals surface area contributed by atoms with Crippen LogP contribution in [-0.2, 0) is 37.2 Å². The van der Waals surface area contributed by atoms with Gasteiger partial charge in [0.2, 0.25) is 0 Å². The van der Waals surface area contributed by atoms with Crippen molar-refractivity contribution in [1.82, 2.24) is 0 Å². The molecule has 0 heterocycles. The average Bonchev–Trinajstić information content (AvgIpc) is 2.80. The molecule has 9 heteroatoms. The molecule has 0 unspecified atom stereocenters. The third-order valence-corrected chi connectivity index (χ3v) is 7.50. The lowest BCUT2D eigenvalue weighted by Gasteiger charge is -2.26. The van der Waals surface area contributed by atoms with Gasteiger partial charge < -0.3 is 18.5 Å². The summed E-state index contributed by atoms with van der Waals surface area (Å²) in [6.07, 6.45) is 0. The van der Waals surface area contributed by atoms with E-state index in [2.05, 4.69) is 15.9 Å². The number of halogens is 3. The minimum absolute atomic E-state index is 0.0940. The van der Waals surface area contributed by atoms with E-state index in [4.69, 9.17) is 18.5 Å². The van der Waals surface area contributed by atoms with Gasteiger partial charge in [0.25, 0.3) is 0 Å². The highest BCUT2D eigenvalue weighted by Crippen LogP contribution is 2.67. The normalized spacial score (nSPS) is 12.0. The van der Waals surface area contributed by atoms with Crippen molar-refractivity contribution in [1.29, 1.82) is 0 Å². The summed E-state index contributed by atoms with van der Waals surface area (Å²) >= 11 is 3.17. The summed E-state index contributed by atoms with van der Waals surface area (Å²) in [6, 6.07) is 21.2. The Morgan fingerprint density at radius 3 is 2.06 bits per heavy atom. The van der Waals surface area contributed by atoms with Crippen molar-refractivity contribution in [2.75, 3.05) is 13.2 Å². The number of hydrogen-bond acceptors (Lipinski definition) is 5. The van der Waals surface area contributed by atoms with Crippen LogP contribution in [-0.4, -0.2) is 13.2 Å². The van der Waals surface area contributed by atoms with Gasteiger partial charge in [-0.1, -0.05) is 58.4 Å². The third kappa shape index (κ3) is 6.52. The van der Waals surface area contributed by atoms with E-state index in [0.717, 1.165) is 11.3 Å². The number of alkyl halides is 2. The molecule has 182 valence electrons. The van der Waals surface area contributed by atoms with E-state index in [0.29, 0.717) is 17.9 Å². The predicted molar refractivity (Wildman–Crippen MR) is 130 cm³/mol. The Bertz CT molecular complexity index is 1120. The summed E-state index contributed by atoms with van der Waals surface area (Å²) in [5.41, 5.74) is -2.70. The Hall–Kier alpha value is -2.09. The monoisotopic (exact) mass is 554 g/mol. The molecule has 3 aromatic carbocycles. The van der Waals surface area contributed by atoms with Gasteiger partial charge in [0.05, 0.1) is 26.4 Å². The van der Waals surface area contributed by atoms with Crippen LogP contribution in [0.3, 0.4) is 0 Å². The molecule has 0 saturated carbocycles. The standard InChI is InChI=1S/C25H26BrF2O5P/c1-3-31-34(29,32-4-2)25(27,28)23-14-13-20(16-24(23)26)18-30-17-19-9-8-12-22(15-19)33-21-10-6-5-7-11-21/h5-16H,3-4,17-18H2,1-2H3. The molecule has 34 heavy (non-hydrogen) atoms. The van der Waals surface area contributed by atoms with Crippen molar-refractivity contribution in [3.63, 3.8) is 0 Å². The molecule has 3 rings (SSSR count). The third-order valence-electron chi connectivity index (χ3n) is 4.71. The maximum Gasteiger partial charge on any atom is 0.404 e. The molecule has 0 aliphatic carbocycles. The van der Waals surface area contributed by atoms with Crippen molar-refractivity contribution >= 4 is 23.5 Å². The fourth-order valence-corrected chi connectivity index (χ4v) is 5.59. The molecular weight excluding hydrogens is 529 g/mol. The van der Waals surface area contributed by atoms with Crippen molar-refractivity contribution in [2.45, 2.75) is 32.7 Å². The highest BCUT2D eigenvalue weighted by Gasteiger charge is 2.55. The van der Waals surface area contributed by atoms with E-state index in [-0.39, 0.29) is 24.3 Å². The van der Waals surface area contributed by atoms with Crippen LogP contribution in [0.1, 0.15) is 30.5 Å². The van der Waals surface area contributed by atoms with Gasteiger partial charge in [0, 0.05) is 10.0 Å². The van der Waals surface area contributed by atoms with E-state index in [1.54, 1.807) is 0 Å². The maximum absolute atomic E-state index is 15.1. The van der Waals surface area contributed by atoms with Crippen LogP contribution in [0.2, 0.25) is 0 Å². The summed E-state index contributed by atoms with van der Waals surface area (Å²) in [4.78, 5) is 0. The second-order valence-corrected chi connectivity index (χ2v) is 10.2. The van der Waals surface area contributed by atoms with Crippen LogP contribution in [0.25, 0.3) is 0 Å². The summed E-state index contributed by atoms with van der Waals surface area (Å²) in [5.74, 6) is 1.43. The predicted octanol–water partition coefficient (Wildman–Crippen LogP) is 8.27. The fourth-order valence-electron chi connectivity index (χ4n) is 3.19. The number of para-hydroxylation sites is 1. The highest BCUT2D eigenvalue weighted by atomic mass is 79.9. The molecule has 0 aromatic heterocycles. The van der Waals surface area contributed by atoms with E-state index >= 15 is 8.78 Å². The Balaban J connectivity index is 1.64. The molecule has 0 atom stereocenters. The van der Waals surface area contributed by atoms with Crippen molar-refractivity contribution in [3.8, 4) is 11.5 Å². The van der Waals surface area contributed by atoms with E-state index in [1.165, 1.54) is 32.0 Å². The molecule has 0 bridgehead atoms. The number of ether oxygens (including phenoxy) is 2. The van der Waals surface area contributed by atoms with Crippen LogP contribution in [0, 0.1) is 0 Å². The lowest BCUT2D eigenvalue weighted by molar-refractivity contribution is 0.0354. The fraction of sp³-hybridized carbons (Fsp3) is 0.280. The summed E-state index contributed by atoms with van der Waals surface area (Å²) in [6.45, 7) is 3.16. The van der Waals surface area contributed by atoms with E-state index < -0.39 is 18.8 Å². The molecule has 0 fully saturated rings. The molecular formula is C25H26BrF2O5P. The Labute approximate surface area is 206 Å². The highest BCUT2D eigenvalue weighted by molar-refractivity contribution is 9.10. The zero-order valence-electron chi connectivity index (χ0n) is 18.9. The number of benzene rings is 3. The van der Waals surface area contributed by atoms with Gasteiger partial charge in [0.1, 0.15) is 11.5 Å². The smallest absolute Gasteiger partial charge is 0.404 e. The van der Waals surface area contributed by atoms with E-state index in [9.17, 15) is 4.57 Å². The van der Waals surface area contributed by atoms with Gasteiger partial charge in [0.15, 0.2) is 0 Å². The van der Waals surface area contributed by atoms with Crippen LogP contribution in [0.5, 0.6) is 11.5 Å². The second-order valence-electron chi connectivity index (χ2n) is 7.24. The van der Waals surface area contributed by atoms with Gasteiger partial charge in [-0.2, -0.15) is 8.78 Å². The van der Waals surface area contributed by atoms with Crippen LogP contribution < -0.4 is 4.74 Å². The molecule has 0 spiro atoms. The minimum Gasteiger partial charge on any atom is -0.457 e. The summed E-state index contributed by atoms with van der Waals surface area (Å²) < 4.78 is 64.2. The molecule has 3 aromatic rings. The lowest BCUT2D eigenvalue weighted by atomic mass is 10.1. The average molecular weight is 555 g/mol. The van der Waals surface area contributed by atoms with Crippen molar-refractivity contribution in [3.05, 3.63) is 94.0 Å². The number of rotatable bonds is 12. The maximum atomic E-state index is 15.1. The molecule has 0 N–H and O–H groups in total. The Morgan fingerprint density at radius 2 is 1.44 bits per heavy atom. The van der Waals surface area contributed by atoms with Crippen LogP contribution >= 0.6 is 23.5 Å². The first-order chi connectivity index (χ1) is 16.3. The molecule has 0 amide bonds. The molecule has 5 nitrogen and oxygen atoms in total. The quantitative estimate of drug-likeness (QED) is 0.211. The summed E-state index contributed by atoms with van der Waals surface area (Å²) in [7, 11) is -4.68. The largest absolute Gasteiger partial charge is 0.457 e. The molecule has 0 aliphatic heterocycles. The topological polar surface area (TPSA) is 54.0 Å². The Kier molecular flexibility index (Phi) is 9.39. The minimum atomic E-state index is -4.68. The first-order valence-electron chi connectivity index (χ1n) is 10.7. The van der Waals surface area contributed by atoms with Gasteiger partial charge in [-0.25, -0.2) is 0 Å². The zero-order chi connectivity index (χ0) is 24.6. The van der Waals surface area contributed by atoms with Gasteiger partial charge >= 0.3 is 13.3 Å². The SMILES string of the molecule is CCOP(=O)(OCC)C(F)(F)c1ccc(COCc2cccc(Oc3ccccc3)c2)cc1Br. The second kappa shape index (κ2) is 12.0. The van der Waals surface area contributed by atoms with Crippen LogP contribution in [0.15, 0.2) is 77.3 Å². The van der Waals surface area contributed by atoms with Gasteiger partial charge in [-0.05, 0) is 55.3 Å². The first-order valence-corrected chi connectivity index (χ1v) is 13.1. The number of hydrogen-bond donors (Lipinski definition) is 0. The zero-order valence-corrected chi connectivity index (χ0v) is 21.4. The van der Waals surface area contributed by atoms with Crippen molar-refractivity contribution < 1.29 is 31.9 Å². The summed E-state index contributed by atoms with van der Waals surface area (Å²) in [5, 5.41) is 0. The Morgan fingerprint density at radius 1 is 0.824 bits per heavy atom. The van der Waals surface area contributed by atoms with Gasteiger partial charge in [-0.15, -0.1) is 0 Å². The molecule has 0 radical (unpaired) electrons. The molecule has 0 saturated heterocycles. The van der Waals surface area contributed by atoms with Crippen molar-refractivity contribution in [2.24, 2.45) is 0 Å². The van der Waals surface area contributed by atoms with Gasteiger partial charge in [-0.3, -0.25) is 4.57 Å². The first kappa shape index (κ1) is 26.5. The lowest BCUT2D eigenvalue weighted by Crippen LogP contribution is -2.19.